The highest BCUT2D eigenvalue weighted by atomic mass is 16.5. The van der Waals surface area contributed by atoms with Gasteiger partial charge in [0.05, 0.1) is 12.7 Å². The van der Waals surface area contributed by atoms with Crippen LogP contribution >= 0.6 is 0 Å². The van der Waals surface area contributed by atoms with Crippen LogP contribution in [0.4, 0.5) is 0 Å². The fraction of sp³-hybridized carbons (Fsp3) is 0.125. The predicted molar refractivity (Wildman–Crippen MR) is 70.5 cm³/mol. The quantitative estimate of drug-likeness (QED) is 0.625. The first-order valence-electron chi connectivity index (χ1n) is 6.04. The molecule has 2 aromatic rings. The highest BCUT2D eigenvalue weighted by Gasteiger charge is 2.23. The van der Waals surface area contributed by atoms with Gasteiger partial charge in [-0.25, -0.2) is 4.79 Å². The van der Waals surface area contributed by atoms with Crippen molar-refractivity contribution in [2.24, 2.45) is 0 Å². The first-order valence-corrected chi connectivity index (χ1v) is 6.04. The zero-order valence-corrected chi connectivity index (χ0v) is 10.5. The van der Waals surface area contributed by atoms with Gasteiger partial charge in [0.15, 0.2) is 5.78 Å². The van der Waals surface area contributed by atoms with E-state index >= 15 is 0 Å². The smallest absolute Gasteiger partial charge is 0.337 e. The number of rotatable bonds is 1. The van der Waals surface area contributed by atoms with Crippen LogP contribution in [0.5, 0.6) is 0 Å². The zero-order valence-electron chi connectivity index (χ0n) is 10.5. The van der Waals surface area contributed by atoms with Gasteiger partial charge in [-0.15, -0.1) is 0 Å². The van der Waals surface area contributed by atoms with Gasteiger partial charge in [-0.05, 0) is 29.7 Å². The van der Waals surface area contributed by atoms with Crippen molar-refractivity contribution in [2.75, 3.05) is 7.11 Å². The molecule has 0 aromatic heterocycles. The SMILES string of the molecule is COC(=O)c1ccc2c(c1)C(=O)c1ccccc1C2. The lowest BCUT2D eigenvalue weighted by atomic mass is 9.84. The van der Waals surface area contributed by atoms with Crippen LogP contribution in [0.1, 0.15) is 37.4 Å². The summed E-state index contributed by atoms with van der Waals surface area (Å²) in [5, 5.41) is 0. The highest BCUT2D eigenvalue weighted by molar-refractivity contribution is 6.13. The van der Waals surface area contributed by atoms with E-state index in [1.165, 1.54) is 7.11 Å². The second-order valence-corrected chi connectivity index (χ2v) is 4.53. The van der Waals surface area contributed by atoms with E-state index in [-0.39, 0.29) is 5.78 Å². The number of carbonyl (C=O) groups excluding carboxylic acids is 2. The van der Waals surface area contributed by atoms with Crippen LogP contribution in [-0.2, 0) is 11.2 Å². The number of ether oxygens (including phenoxy) is 1. The van der Waals surface area contributed by atoms with Gasteiger partial charge in [0.1, 0.15) is 0 Å². The molecular weight excluding hydrogens is 240 g/mol. The number of hydrogen-bond acceptors (Lipinski definition) is 3. The number of fused-ring (bicyclic) bond motifs is 2. The monoisotopic (exact) mass is 252 g/mol. The van der Waals surface area contributed by atoms with Crippen molar-refractivity contribution in [3.8, 4) is 0 Å². The second-order valence-electron chi connectivity index (χ2n) is 4.53. The average molecular weight is 252 g/mol. The molecule has 3 rings (SSSR count). The Bertz CT molecular complexity index is 686. The normalized spacial score (nSPS) is 12.6. The summed E-state index contributed by atoms with van der Waals surface area (Å²) in [6.07, 6.45) is 0.721. The molecule has 19 heavy (non-hydrogen) atoms. The van der Waals surface area contributed by atoms with Gasteiger partial charge in [0.25, 0.3) is 0 Å². The van der Waals surface area contributed by atoms with Crippen LogP contribution < -0.4 is 0 Å². The molecule has 0 radical (unpaired) electrons. The van der Waals surface area contributed by atoms with Crippen LogP contribution in [0, 0.1) is 0 Å². The molecule has 2 aromatic carbocycles. The predicted octanol–water partition coefficient (Wildman–Crippen LogP) is 2.61. The Kier molecular flexibility index (Phi) is 2.67. The molecular formula is C16H12O3. The van der Waals surface area contributed by atoms with E-state index in [0.29, 0.717) is 11.1 Å². The number of hydrogen-bond donors (Lipinski definition) is 0. The van der Waals surface area contributed by atoms with Gasteiger partial charge >= 0.3 is 5.97 Å². The molecule has 3 heteroatoms. The lowest BCUT2D eigenvalue weighted by Crippen LogP contribution is -2.16. The van der Waals surface area contributed by atoms with Gasteiger partial charge in [0, 0.05) is 11.1 Å². The Morgan fingerprint density at radius 1 is 1.05 bits per heavy atom. The van der Waals surface area contributed by atoms with E-state index in [4.69, 9.17) is 0 Å². The summed E-state index contributed by atoms with van der Waals surface area (Å²) < 4.78 is 4.68. The second kappa shape index (κ2) is 4.35. The van der Waals surface area contributed by atoms with Crippen LogP contribution in [0.25, 0.3) is 0 Å². The first kappa shape index (κ1) is 11.7. The molecule has 0 fully saturated rings. The van der Waals surface area contributed by atoms with E-state index in [2.05, 4.69) is 4.74 Å². The maximum absolute atomic E-state index is 12.4. The number of esters is 1. The summed E-state index contributed by atoms with van der Waals surface area (Å²) in [4.78, 5) is 23.9. The number of methoxy groups -OCH3 is 1. The van der Waals surface area contributed by atoms with Crippen molar-refractivity contribution < 1.29 is 14.3 Å². The van der Waals surface area contributed by atoms with Gasteiger partial charge in [-0.3, -0.25) is 4.79 Å². The summed E-state index contributed by atoms with van der Waals surface area (Å²) in [5.74, 6) is -0.447. The van der Waals surface area contributed by atoms with Crippen molar-refractivity contribution in [3.63, 3.8) is 0 Å². The fourth-order valence-electron chi connectivity index (χ4n) is 2.43. The van der Waals surface area contributed by atoms with Crippen LogP contribution in [-0.4, -0.2) is 18.9 Å². The molecule has 0 bridgehead atoms. The third-order valence-corrected chi connectivity index (χ3v) is 3.42. The molecule has 0 spiro atoms. The van der Waals surface area contributed by atoms with E-state index in [1.807, 2.05) is 30.3 Å². The third-order valence-electron chi connectivity index (χ3n) is 3.42. The zero-order chi connectivity index (χ0) is 13.4. The van der Waals surface area contributed by atoms with E-state index in [9.17, 15) is 9.59 Å². The molecule has 1 aliphatic carbocycles. The topological polar surface area (TPSA) is 43.4 Å². The average Bonchev–Trinajstić information content (AvgIpc) is 2.46. The molecule has 0 saturated heterocycles. The van der Waals surface area contributed by atoms with Crippen molar-refractivity contribution >= 4 is 11.8 Å². The molecule has 0 aliphatic heterocycles. The lowest BCUT2D eigenvalue weighted by molar-refractivity contribution is 0.0600. The third kappa shape index (κ3) is 1.83. The largest absolute Gasteiger partial charge is 0.465 e. The Labute approximate surface area is 110 Å². The summed E-state index contributed by atoms with van der Waals surface area (Å²) in [6.45, 7) is 0. The van der Waals surface area contributed by atoms with E-state index < -0.39 is 5.97 Å². The maximum atomic E-state index is 12.4. The molecule has 94 valence electrons. The highest BCUT2D eigenvalue weighted by Crippen LogP contribution is 2.27. The minimum absolute atomic E-state index is 0.0254. The molecule has 0 unspecified atom stereocenters. The molecule has 0 heterocycles. The number of benzene rings is 2. The van der Waals surface area contributed by atoms with Crippen molar-refractivity contribution in [2.45, 2.75) is 6.42 Å². The van der Waals surface area contributed by atoms with Gasteiger partial charge < -0.3 is 4.74 Å². The molecule has 0 saturated carbocycles. The van der Waals surface area contributed by atoms with Gasteiger partial charge in [-0.2, -0.15) is 0 Å². The Hall–Kier alpha value is -2.42. The maximum Gasteiger partial charge on any atom is 0.337 e. The summed E-state index contributed by atoms with van der Waals surface area (Å²) in [6, 6.07) is 12.7. The Morgan fingerprint density at radius 2 is 1.79 bits per heavy atom. The Morgan fingerprint density at radius 3 is 2.58 bits per heavy atom. The fourth-order valence-corrected chi connectivity index (χ4v) is 2.43. The van der Waals surface area contributed by atoms with Crippen molar-refractivity contribution in [1.82, 2.24) is 0 Å². The summed E-state index contributed by atoms with van der Waals surface area (Å²) in [7, 11) is 1.33. The number of carbonyl (C=O) groups is 2. The van der Waals surface area contributed by atoms with Crippen LogP contribution in [0.3, 0.4) is 0 Å². The molecule has 1 aliphatic rings. The Balaban J connectivity index is 2.11. The van der Waals surface area contributed by atoms with Crippen molar-refractivity contribution in [3.05, 3.63) is 70.3 Å². The number of ketones is 1. The summed E-state index contributed by atoms with van der Waals surface area (Å²) >= 11 is 0. The lowest BCUT2D eigenvalue weighted by Gasteiger charge is -2.18. The van der Waals surface area contributed by atoms with Crippen LogP contribution in [0.15, 0.2) is 42.5 Å². The van der Waals surface area contributed by atoms with E-state index in [1.54, 1.807) is 12.1 Å². The standard InChI is InChI=1S/C16H12O3/c1-19-16(18)12-7-6-11-8-10-4-2-3-5-13(10)15(17)14(11)9-12/h2-7,9H,8H2,1H3. The summed E-state index contributed by atoms with van der Waals surface area (Å²) in [5.41, 5.74) is 3.72. The minimum Gasteiger partial charge on any atom is -0.465 e. The minimum atomic E-state index is -0.422. The molecule has 3 nitrogen and oxygen atoms in total. The van der Waals surface area contributed by atoms with Crippen molar-refractivity contribution in [1.29, 1.82) is 0 Å². The molecule has 0 atom stereocenters. The van der Waals surface area contributed by atoms with Crippen LogP contribution in [0.2, 0.25) is 0 Å². The van der Waals surface area contributed by atoms with E-state index in [0.717, 1.165) is 23.1 Å². The van der Waals surface area contributed by atoms with Gasteiger partial charge in [0.2, 0.25) is 0 Å². The molecule has 0 N–H and O–H groups in total. The first-order chi connectivity index (χ1) is 9.20. The molecule has 0 amide bonds. The van der Waals surface area contributed by atoms with Gasteiger partial charge in [-0.1, -0.05) is 30.3 Å².